The van der Waals surface area contributed by atoms with Crippen molar-refractivity contribution >= 4 is 26.9 Å². The quantitative estimate of drug-likeness (QED) is 0.535. The number of alkyl halides is 6. The van der Waals surface area contributed by atoms with Gasteiger partial charge in [0.2, 0.25) is 0 Å². The SMILES string of the molecule is CN(C)Cc1cccc2c1ccn2S(=O)(=O)c1cccc(C(F)(F)F)c1.O=C(O)C(F)(F)F. The van der Waals surface area contributed by atoms with E-state index in [1.807, 2.05) is 25.1 Å². The zero-order valence-corrected chi connectivity index (χ0v) is 18.0. The summed E-state index contributed by atoms with van der Waals surface area (Å²) < 4.78 is 97.3. The number of carboxylic acid groups (broad SMARTS) is 1. The van der Waals surface area contributed by atoms with Crippen molar-refractivity contribution in [1.82, 2.24) is 8.87 Å². The number of aromatic nitrogens is 1. The van der Waals surface area contributed by atoms with E-state index < -0.39 is 38.8 Å². The van der Waals surface area contributed by atoms with Crippen LogP contribution < -0.4 is 0 Å². The van der Waals surface area contributed by atoms with Crippen LogP contribution in [-0.4, -0.2) is 48.6 Å². The first-order valence-electron chi connectivity index (χ1n) is 9.02. The second-order valence-corrected chi connectivity index (χ2v) is 8.85. The van der Waals surface area contributed by atoms with Crippen LogP contribution in [0.5, 0.6) is 0 Å². The van der Waals surface area contributed by atoms with Gasteiger partial charge in [-0.3, -0.25) is 0 Å². The molecule has 0 atom stereocenters. The van der Waals surface area contributed by atoms with Gasteiger partial charge in [0, 0.05) is 18.1 Å². The van der Waals surface area contributed by atoms with E-state index >= 15 is 0 Å². The normalized spacial score (nSPS) is 12.5. The number of halogens is 6. The molecule has 0 aliphatic rings. The number of nitrogens with zero attached hydrogens (tertiary/aromatic N) is 2. The van der Waals surface area contributed by atoms with Gasteiger partial charge in [0.05, 0.1) is 16.0 Å². The number of hydrogen-bond acceptors (Lipinski definition) is 4. The lowest BCUT2D eigenvalue weighted by molar-refractivity contribution is -0.192. The molecule has 0 unspecified atom stereocenters. The Morgan fingerprint density at radius 3 is 2.09 bits per heavy atom. The molecular formula is C20H18F6N2O4S. The van der Waals surface area contributed by atoms with Gasteiger partial charge in [-0.15, -0.1) is 0 Å². The van der Waals surface area contributed by atoms with E-state index in [4.69, 9.17) is 9.90 Å². The molecule has 0 saturated heterocycles. The van der Waals surface area contributed by atoms with Crippen LogP contribution in [0, 0.1) is 0 Å². The molecular weight excluding hydrogens is 478 g/mol. The second-order valence-electron chi connectivity index (χ2n) is 7.03. The first-order valence-corrected chi connectivity index (χ1v) is 10.5. The fourth-order valence-electron chi connectivity index (χ4n) is 2.84. The van der Waals surface area contributed by atoms with Crippen LogP contribution in [0.3, 0.4) is 0 Å². The number of hydrogen-bond donors (Lipinski definition) is 1. The van der Waals surface area contributed by atoms with Gasteiger partial charge in [-0.2, -0.15) is 26.3 Å². The fraction of sp³-hybridized carbons (Fsp3) is 0.250. The first-order chi connectivity index (χ1) is 15.0. The molecule has 2 aromatic carbocycles. The second kappa shape index (κ2) is 9.43. The van der Waals surface area contributed by atoms with E-state index in [9.17, 15) is 34.8 Å². The summed E-state index contributed by atoms with van der Waals surface area (Å²) in [5.41, 5.74) is 0.371. The Hall–Kier alpha value is -3.06. The smallest absolute Gasteiger partial charge is 0.475 e. The average molecular weight is 496 g/mol. The van der Waals surface area contributed by atoms with Crippen molar-refractivity contribution in [3.63, 3.8) is 0 Å². The van der Waals surface area contributed by atoms with Crippen molar-refractivity contribution in [2.45, 2.75) is 23.8 Å². The largest absolute Gasteiger partial charge is 0.490 e. The summed E-state index contributed by atoms with van der Waals surface area (Å²) in [6.45, 7) is 0.616. The summed E-state index contributed by atoms with van der Waals surface area (Å²) in [7, 11) is -0.351. The summed E-state index contributed by atoms with van der Waals surface area (Å²) in [5, 5.41) is 7.87. The first kappa shape index (κ1) is 26.2. The van der Waals surface area contributed by atoms with Gasteiger partial charge in [-0.25, -0.2) is 17.2 Å². The number of carbonyl (C=O) groups is 1. The minimum atomic E-state index is -5.08. The van der Waals surface area contributed by atoms with Gasteiger partial charge in [0.1, 0.15) is 0 Å². The van der Waals surface area contributed by atoms with E-state index in [0.717, 1.165) is 27.1 Å². The number of benzene rings is 2. The van der Waals surface area contributed by atoms with Gasteiger partial charge in [-0.05, 0) is 50.0 Å². The molecule has 33 heavy (non-hydrogen) atoms. The standard InChI is InChI=1S/C18H17F3N2O2S.C2HF3O2/c1-22(2)12-13-5-3-8-17-16(13)9-10-23(17)26(24,25)15-7-4-6-14(11-15)18(19,20)21;3-2(4,5)1(6)7/h3-11H,12H2,1-2H3;(H,6,7). The monoisotopic (exact) mass is 496 g/mol. The van der Waals surface area contributed by atoms with E-state index in [0.29, 0.717) is 18.1 Å². The Morgan fingerprint density at radius 1 is 1.00 bits per heavy atom. The van der Waals surface area contributed by atoms with Crippen molar-refractivity contribution in [1.29, 1.82) is 0 Å². The highest BCUT2D eigenvalue weighted by molar-refractivity contribution is 7.90. The van der Waals surface area contributed by atoms with Crippen LogP contribution >= 0.6 is 0 Å². The Labute approximate surface area is 184 Å². The molecule has 180 valence electrons. The Bertz CT molecular complexity index is 1250. The summed E-state index contributed by atoms with van der Waals surface area (Å²) in [4.78, 5) is 10.4. The lowest BCUT2D eigenvalue weighted by Crippen LogP contribution is -2.21. The van der Waals surface area contributed by atoms with Crippen LogP contribution in [0.25, 0.3) is 10.9 Å². The summed E-state index contributed by atoms with van der Waals surface area (Å²) in [5.74, 6) is -2.76. The van der Waals surface area contributed by atoms with Crippen LogP contribution in [0.1, 0.15) is 11.1 Å². The van der Waals surface area contributed by atoms with Gasteiger partial charge in [0.15, 0.2) is 0 Å². The van der Waals surface area contributed by atoms with Crippen molar-refractivity contribution in [3.8, 4) is 0 Å². The Balaban J connectivity index is 0.000000479. The highest BCUT2D eigenvalue weighted by atomic mass is 32.2. The summed E-state index contributed by atoms with van der Waals surface area (Å²) in [6, 6.07) is 10.7. The van der Waals surface area contributed by atoms with E-state index in [1.54, 1.807) is 18.2 Å². The molecule has 6 nitrogen and oxygen atoms in total. The third kappa shape index (κ3) is 6.26. The van der Waals surface area contributed by atoms with Gasteiger partial charge in [-0.1, -0.05) is 18.2 Å². The average Bonchev–Trinajstić information content (AvgIpc) is 3.13. The molecule has 1 heterocycles. The molecule has 0 amide bonds. The molecule has 3 rings (SSSR count). The highest BCUT2D eigenvalue weighted by Crippen LogP contribution is 2.32. The molecule has 0 radical (unpaired) electrons. The highest BCUT2D eigenvalue weighted by Gasteiger charge is 2.38. The topological polar surface area (TPSA) is 79.6 Å². The lowest BCUT2D eigenvalue weighted by atomic mass is 10.1. The zero-order chi connectivity index (χ0) is 25.2. The van der Waals surface area contributed by atoms with Crippen LogP contribution in [-0.2, 0) is 27.5 Å². The van der Waals surface area contributed by atoms with Crippen LogP contribution in [0.4, 0.5) is 26.3 Å². The molecule has 0 fully saturated rings. The zero-order valence-electron chi connectivity index (χ0n) is 17.1. The molecule has 1 aromatic heterocycles. The molecule has 13 heteroatoms. The Morgan fingerprint density at radius 2 is 1.58 bits per heavy atom. The summed E-state index contributed by atoms with van der Waals surface area (Å²) in [6.07, 6.45) is -8.32. The van der Waals surface area contributed by atoms with E-state index in [1.165, 1.54) is 12.3 Å². The lowest BCUT2D eigenvalue weighted by Gasteiger charge is -2.13. The van der Waals surface area contributed by atoms with E-state index in [2.05, 4.69) is 0 Å². The maximum absolute atomic E-state index is 12.9. The molecule has 1 N–H and O–H groups in total. The van der Waals surface area contributed by atoms with Crippen molar-refractivity contribution in [2.75, 3.05) is 14.1 Å². The summed E-state index contributed by atoms with van der Waals surface area (Å²) >= 11 is 0. The van der Waals surface area contributed by atoms with Crippen LogP contribution in [0.15, 0.2) is 59.6 Å². The maximum atomic E-state index is 12.9. The number of fused-ring (bicyclic) bond motifs is 1. The van der Waals surface area contributed by atoms with Gasteiger partial charge in [0.25, 0.3) is 10.0 Å². The predicted octanol–water partition coefficient (Wildman–Crippen LogP) is 4.59. The minimum Gasteiger partial charge on any atom is -0.475 e. The van der Waals surface area contributed by atoms with Crippen LogP contribution in [0.2, 0.25) is 0 Å². The molecule has 3 aromatic rings. The predicted molar refractivity (Wildman–Crippen MR) is 107 cm³/mol. The fourth-order valence-corrected chi connectivity index (χ4v) is 4.23. The number of aliphatic carboxylic acids is 1. The molecule has 0 spiro atoms. The third-order valence-corrected chi connectivity index (χ3v) is 5.92. The molecule has 0 aliphatic carbocycles. The van der Waals surface area contributed by atoms with Gasteiger partial charge < -0.3 is 10.0 Å². The van der Waals surface area contributed by atoms with E-state index in [-0.39, 0.29) is 0 Å². The van der Waals surface area contributed by atoms with Crippen molar-refractivity contribution in [3.05, 3.63) is 65.9 Å². The molecule has 0 aliphatic heterocycles. The maximum Gasteiger partial charge on any atom is 0.490 e. The third-order valence-electron chi connectivity index (χ3n) is 4.23. The number of rotatable bonds is 4. The molecule has 0 saturated carbocycles. The Kier molecular flexibility index (Phi) is 7.49. The number of carboxylic acids is 1. The van der Waals surface area contributed by atoms with Crippen molar-refractivity contribution < 1.29 is 44.7 Å². The van der Waals surface area contributed by atoms with Crippen molar-refractivity contribution in [2.24, 2.45) is 0 Å². The minimum absolute atomic E-state index is 0.400. The molecule has 0 bridgehead atoms. The van der Waals surface area contributed by atoms with Gasteiger partial charge >= 0.3 is 18.3 Å².